The molecule has 1 aliphatic rings. The van der Waals surface area contributed by atoms with Crippen LogP contribution in [-0.4, -0.2) is 47.0 Å². The van der Waals surface area contributed by atoms with Crippen molar-refractivity contribution in [1.82, 2.24) is 14.7 Å². The number of hydrogen-bond acceptors (Lipinski definition) is 9. The molecule has 0 spiro atoms. The molecule has 0 unspecified atom stereocenters. The van der Waals surface area contributed by atoms with Crippen LogP contribution >= 0.6 is 0 Å². The summed E-state index contributed by atoms with van der Waals surface area (Å²) in [5.74, 6) is -0.364. The molecule has 0 aliphatic heterocycles. The van der Waals surface area contributed by atoms with Crippen molar-refractivity contribution in [2.45, 2.75) is 30.3 Å². The number of aromatic nitrogens is 2. The summed E-state index contributed by atoms with van der Waals surface area (Å²) in [6.45, 7) is 0.407. The van der Waals surface area contributed by atoms with E-state index in [1.807, 2.05) is 4.72 Å². The summed E-state index contributed by atoms with van der Waals surface area (Å²) in [6.07, 6.45) is 4.89. The standard InChI is InChI=1S/C26H25N5O7S/c32-18-6-5-16(11-18)14-28-22-8-7-20(13-23(22)31(34)35)39(36,37)30-26(33)21-3-1-2-4-24(21)38-19-12-17-9-10-27-25(17)29-15-19/h1-4,7-10,12-13,15-16,18,28,32H,5-6,11,14H2,(H,27,29)(H,30,33)/t16-,18+/m1/s1. The zero-order valence-corrected chi connectivity index (χ0v) is 21.3. The van der Waals surface area contributed by atoms with E-state index in [2.05, 4.69) is 15.3 Å². The van der Waals surface area contributed by atoms with Crippen molar-refractivity contribution in [2.24, 2.45) is 5.92 Å². The van der Waals surface area contributed by atoms with Crippen molar-refractivity contribution >= 4 is 38.3 Å². The quantitative estimate of drug-likeness (QED) is 0.177. The van der Waals surface area contributed by atoms with Gasteiger partial charge in [0.25, 0.3) is 21.6 Å². The predicted octanol–water partition coefficient (Wildman–Crippen LogP) is 3.96. The van der Waals surface area contributed by atoms with Gasteiger partial charge in [-0.05, 0) is 61.6 Å². The number of hydrogen-bond donors (Lipinski definition) is 4. The van der Waals surface area contributed by atoms with Crippen LogP contribution in [0, 0.1) is 16.0 Å². The summed E-state index contributed by atoms with van der Waals surface area (Å²) in [7, 11) is -4.47. The Balaban J connectivity index is 1.33. The van der Waals surface area contributed by atoms with Crippen LogP contribution in [0.3, 0.4) is 0 Å². The van der Waals surface area contributed by atoms with Crippen LogP contribution in [-0.2, 0) is 10.0 Å². The van der Waals surface area contributed by atoms with Gasteiger partial charge in [0.2, 0.25) is 0 Å². The normalized spacial score (nSPS) is 17.2. The number of rotatable bonds is 9. The second-order valence-electron chi connectivity index (χ2n) is 9.27. The molecule has 2 heterocycles. The number of nitro benzene ring substituents is 1. The van der Waals surface area contributed by atoms with Crippen LogP contribution in [0.2, 0.25) is 0 Å². The first-order valence-corrected chi connectivity index (χ1v) is 13.7. The van der Waals surface area contributed by atoms with E-state index in [0.29, 0.717) is 30.8 Å². The molecule has 1 saturated carbocycles. The molecular formula is C26H25N5O7S. The van der Waals surface area contributed by atoms with Crippen LogP contribution in [0.1, 0.15) is 29.6 Å². The maximum absolute atomic E-state index is 13.0. The number of carbonyl (C=O) groups is 1. The van der Waals surface area contributed by atoms with Crippen molar-refractivity contribution in [2.75, 3.05) is 11.9 Å². The molecule has 13 heteroatoms. The predicted molar refractivity (Wildman–Crippen MR) is 142 cm³/mol. The first-order chi connectivity index (χ1) is 18.7. The summed E-state index contributed by atoms with van der Waals surface area (Å²) >= 11 is 0. The molecule has 2 aromatic heterocycles. The number of ether oxygens (including phenoxy) is 1. The van der Waals surface area contributed by atoms with Crippen molar-refractivity contribution < 1.29 is 28.0 Å². The van der Waals surface area contributed by atoms with Crippen molar-refractivity contribution in [3.63, 3.8) is 0 Å². The monoisotopic (exact) mass is 551 g/mol. The molecule has 2 atom stereocenters. The zero-order chi connectivity index (χ0) is 27.6. The van der Waals surface area contributed by atoms with Crippen LogP contribution < -0.4 is 14.8 Å². The van der Waals surface area contributed by atoms with E-state index in [4.69, 9.17) is 4.74 Å². The van der Waals surface area contributed by atoms with Gasteiger partial charge in [0.05, 0.1) is 27.7 Å². The molecule has 0 bridgehead atoms. The number of pyridine rings is 1. The molecule has 1 amide bonds. The minimum Gasteiger partial charge on any atom is -0.455 e. The Hall–Kier alpha value is -4.49. The van der Waals surface area contributed by atoms with Crippen LogP contribution in [0.15, 0.2) is 71.9 Å². The second kappa shape index (κ2) is 10.7. The Morgan fingerprint density at radius 3 is 2.77 bits per heavy atom. The van der Waals surface area contributed by atoms with E-state index in [1.54, 1.807) is 30.5 Å². The molecule has 39 heavy (non-hydrogen) atoms. The van der Waals surface area contributed by atoms with Gasteiger partial charge in [-0.3, -0.25) is 14.9 Å². The fourth-order valence-electron chi connectivity index (χ4n) is 4.55. The number of aromatic amines is 1. The number of benzene rings is 2. The Kier molecular flexibility index (Phi) is 7.17. The minimum atomic E-state index is -4.47. The van der Waals surface area contributed by atoms with Crippen molar-refractivity contribution in [3.8, 4) is 11.5 Å². The van der Waals surface area contributed by atoms with Gasteiger partial charge in [0.1, 0.15) is 22.8 Å². The Bertz CT molecular complexity index is 1650. The van der Waals surface area contributed by atoms with Gasteiger partial charge < -0.3 is 20.1 Å². The summed E-state index contributed by atoms with van der Waals surface area (Å²) in [6, 6.07) is 13.0. The number of fused-ring (bicyclic) bond motifs is 1. The molecule has 4 N–H and O–H groups in total. The maximum Gasteiger partial charge on any atom is 0.293 e. The molecule has 0 radical (unpaired) electrons. The molecule has 1 fully saturated rings. The Morgan fingerprint density at radius 1 is 1.18 bits per heavy atom. The lowest BCUT2D eigenvalue weighted by Crippen LogP contribution is -2.31. The lowest BCUT2D eigenvalue weighted by atomic mass is 10.1. The lowest BCUT2D eigenvalue weighted by Gasteiger charge is -2.14. The summed E-state index contributed by atoms with van der Waals surface area (Å²) in [5.41, 5.74) is 0.313. The second-order valence-corrected chi connectivity index (χ2v) is 11.0. The number of aliphatic hydroxyl groups is 1. The SMILES string of the molecule is O=C(NS(=O)(=O)c1ccc(NC[C@@H]2CC[C@H](O)C2)c([N+](=O)[O-])c1)c1ccccc1Oc1cnc2[nH]ccc2c1. The minimum absolute atomic E-state index is 0.0539. The number of para-hydroxylation sites is 1. The lowest BCUT2D eigenvalue weighted by molar-refractivity contribution is -0.384. The fraction of sp³-hybridized carbons (Fsp3) is 0.231. The molecule has 1 aliphatic carbocycles. The average molecular weight is 552 g/mol. The molecule has 202 valence electrons. The summed E-state index contributed by atoms with van der Waals surface area (Å²) < 4.78 is 33.9. The van der Waals surface area contributed by atoms with Crippen LogP contribution in [0.5, 0.6) is 11.5 Å². The number of amides is 1. The fourth-order valence-corrected chi connectivity index (χ4v) is 5.53. The molecule has 12 nitrogen and oxygen atoms in total. The topological polar surface area (TPSA) is 177 Å². The number of anilines is 1. The third-order valence-corrected chi connectivity index (χ3v) is 7.86. The van der Waals surface area contributed by atoms with Crippen LogP contribution in [0.4, 0.5) is 11.4 Å². The maximum atomic E-state index is 13.0. The van der Waals surface area contributed by atoms with E-state index in [1.165, 1.54) is 30.5 Å². The van der Waals surface area contributed by atoms with Crippen molar-refractivity contribution in [1.29, 1.82) is 0 Å². The van der Waals surface area contributed by atoms with E-state index >= 15 is 0 Å². The number of nitrogens with zero attached hydrogens (tertiary/aromatic N) is 2. The van der Waals surface area contributed by atoms with Gasteiger partial charge in [0, 0.05) is 24.2 Å². The number of nitrogens with one attached hydrogen (secondary N) is 3. The molecule has 4 aromatic rings. The van der Waals surface area contributed by atoms with Crippen LogP contribution in [0.25, 0.3) is 11.0 Å². The number of sulfonamides is 1. The largest absolute Gasteiger partial charge is 0.455 e. The smallest absolute Gasteiger partial charge is 0.293 e. The first-order valence-electron chi connectivity index (χ1n) is 12.2. The highest BCUT2D eigenvalue weighted by Crippen LogP contribution is 2.31. The first kappa shape index (κ1) is 26.1. The number of nitro groups is 1. The third-order valence-electron chi connectivity index (χ3n) is 6.53. The molecule has 2 aromatic carbocycles. The van der Waals surface area contributed by atoms with Gasteiger partial charge in [-0.1, -0.05) is 12.1 Å². The highest BCUT2D eigenvalue weighted by atomic mass is 32.2. The van der Waals surface area contributed by atoms with Gasteiger partial charge >= 0.3 is 0 Å². The van der Waals surface area contributed by atoms with Gasteiger partial charge in [0.15, 0.2) is 0 Å². The summed E-state index contributed by atoms with van der Waals surface area (Å²) in [5, 5.41) is 25.2. The molecular weight excluding hydrogens is 526 g/mol. The summed E-state index contributed by atoms with van der Waals surface area (Å²) in [4.78, 5) is 30.8. The van der Waals surface area contributed by atoms with Gasteiger partial charge in [-0.25, -0.2) is 18.1 Å². The zero-order valence-electron chi connectivity index (χ0n) is 20.5. The highest BCUT2D eigenvalue weighted by molar-refractivity contribution is 7.90. The highest BCUT2D eigenvalue weighted by Gasteiger charge is 2.27. The molecule has 0 saturated heterocycles. The van der Waals surface area contributed by atoms with Gasteiger partial charge in [-0.15, -0.1) is 0 Å². The third kappa shape index (κ3) is 5.84. The Morgan fingerprint density at radius 2 is 2.00 bits per heavy atom. The van der Waals surface area contributed by atoms with E-state index in [-0.39, 0.29) is 29.0 Å². The number of aliphatic hydroxyl groups excluding tert-OH is 1. The number of carbonyl (C=O) groups excluding carboxylic acids is 1. The Labute approximate surface area is 223 Å². The van der Waals surface area contributed by atoms with E-state index < -0.39 is 31.4 Å². The average Bonchev–Trinajstić information content (AvgIpc) is 3.55. The van der Waals surface area contributed by atoms with E-state index in [0.717, 1.165) is 17.9 Å². The van der Waals surface area contributed by atoms with Crippen molar-refractivity contribution in [3.05, 3.63) is 82.7 Å². The van der Waals surface area contributed by atoms with E-state index in [9.17, 15) is 28.4 Å². The van der Waals surface area contributed by atoms with Gasteiger partial charge in [-0.2, -0.15) is 0 Å². The number of H-pyrrole nitrogens is 1. The molecule has 5 rings (SSSR count).